The lowest BCUT2D eigenvalue weighted by molar-refractivity contribution is 0.0404. The van der Waals surface area contributed by atoms with Gasteiger partial charge in [0.15, 0.2) is 0 Å². The molecular formula is C13H28N2O3. The fraction of sp³-hybridized carbons (Fsp3) is 1.00. The molecule has 1 saturated heterocycles. The second-order valence-electron chi connectivity index (χ2n) is 5.54. The molecule has 0 aliphatic carbocycles. The minimum absolute atomic E-state index is 0.0236. The number of ether oxygens (including phenoxy) is 3. The molecule has 1 aliphatic rings. The quantitative estimate of drug-likeness (QED) is 0.682. The van der Waals surface area contributed by atoms with Crippen LogP contribution in [0.15, 0.2) is 0 Å². The Morgan fingerprint density at radius 1 is 1.44 bits per heavy atom. The number of nitrogens with zero attached hydrogens (tertiary/aromatic N) is 1. The van der Waals surface area contributed by atoms with Gasteiger partial charge in [0.05, 0.1) is 26.4 Å². The average molecular weight is 260 g/mol. The molecule has 0 aromatic heterocycles. The number of hydrogen-bond acceptors (Lipinski definition) is 5. The predicted octanol–water partition coefficient (Wildman–Crippen LogP) is 0.334. The van der Waals surface area contributed by atoms with Gasteiger partial charge in [-0.1, -0.05) is 6.92 Å². The molecule has 1 heterocycles. The van der Waals surface area contributed by atoms with Crippen LogP contribution in [-0.4, -0.2) is 70.7 Å². The van der Waals surface area contributed by atoms with E-state index in [0.29, 0.717) is 12.6 Å². The maximum atomic E-state index is 6.15. The van der Waals surface area contributed by atoms with Crippen molar-refractivity contribution in [2.24, 2.45) is 11.1 Å². The van der Waals surface area contributed by atoms with E-state index in [9.17, 15) is 0 Å². The van der Waals surface area contributed by atoms with Gasteiger partial charge >= 0.3 is 0 Å². The third-order valence-electron chi connectivity index (χ3n) is 3.80. The molecule has 3 atom stereocenters. The molecule has 5 nitrogen and oxygen atoms in total. The molecule has 0 aromatic carbocycles. The summed E-state index contributed by atoms with van der Waals surface area (Å²) in [5.74, 6) is 0. The molecule has 0 saturated carbocycles. The Kier molecular flexibility index (Phi) is 6.52. The second kappa shape index (κ2) is 7.40. The van der Waals surface area contributed by atoms with E-state index in [1.807, 2.05) is 0 Å². The monoisotopic (exact) mass is 260 g/mol. The zero-order valence-electron chi connectivity index (χ0n) is 12.1. The molecule has 0 radical (unpaired) electrons. The first kappa shape index (κ1) is 15.9. The molecule has 0 aromatic rings. The molecule has 0 amide bonds. The van der Waals surface area contributed by atoms with E-state index < -0.39 is 0 Å². The Morgan fingerprint density at radius 2 is 2.17 bits per heavy atom. The van der Waals surface area contributed by atoms with E-state index in [2.05, 4.69) is 18.7 Å². The molecule has 1 rings (SSSR count). The van der Waals surface area contributed by atoms with Crippen molar-refractivity contribution in [1.82, 2.24) is 4.90 Å². The Hall–Kier alpha value is -0.200. The molecular weight excluding hydrogens is 232 g/mol. The van der Waals surface area contributed by atoms with E-state index in [1.165, 1.54) is 0 Å². The van der Waals surface area contributed by atoms with E-state index in [0.717, 1.165) is 32.9 Å². The van der Waals surface area contributed by atoms with Crippen LogP contribution in [0.1, 0.15) is 13.8 Å². The molecule has 0 bridgehead atoms. The summed E-state index contributed by atoms with van der Waals surface area (Å²) < 4.78 is 15.9. The van der Waals surface area contributed by atoms with Crippen molar-refractivity contribution < 1.29 is 14.2 Å². The van der Waals surface area contributed by atoms with Gasteiger partial charge in [-0.2, -0.15) is 0 Å². The molecule has 108 valence electrons. The van der Waals surface area contributed by atoms with Gasteiger partial charge in [0.25, 0.3) is 0 Å². The van der Waals surface area contributed by atoms with Gasteiger partial charge in [-0.15, -0.1) is 0 Å². The summed E-state index contributed by atoms with van der Waals surface area (Å²) in [5.41, 5.74) is 6.17. The van der Waals surface area contributed by atoms with Crippen LogP contribution in [-0.2, 0) is 14.2 Å². The summed E-state index contributed by atoms with van der Waals surface area (Å²) in [5, 5.41) is 0. The van der Waals surface area contributed by atoms with E-state index in [4.69, 9.17) is 19.9 Å². The van der Waals surface area contributed by atoms with Crippen molar-refractivity contribution >= 4 is 0 Å². The zero-order valence-corrected chi connectivity index (χ0v) is 12.1. The highest BCUT2D eigenvalue weighted by Crippen LogP contribution is 2.28. The number of hydrogen-bond donors (Lipinski definition) is 1. The molecule has 1 aliphatic heterocycles. The Morgan fingerprint density at radius 3 is 2.67 bits per heavy atom. The lowest BCUT2D eigenvalue weighted by Gasteiger charge is -2.37. The highest BCUT2D eigenvalue weighted by atomic mass is 16.5. The number of rotatable bonds is 8. The predicted molar refractivity (Wildman–Crippen MR) is 71.7 cm³/mol. The molecule has 0 spiro atoms. The zero-order chi connectivity index (χ0) is 13.6. The average Bonchev–Trinajstić information content (AvgIpc) is 2.65. The summed E-state index contributed by atoms with van der Waals surface area (Å²) in [6.07, 6.45) is 0. The van der Waals surface area contributed by atoms with Crippen LogP contribution >= 0.6 is 0 Å². The van der Waals surface area contributed by atoms with Crippen LogP contribution < -0.4 is 5.73 Å². The lowest BCUT2D eigenvalue weighted by atomic mass is 9.85. The topological polar surface area (TPSA) is 57.0 Å². The summed E-state index contributed by atoms with van der Waals surface area (Å²) >= 11 is 0. The van der Waals surface area contributed by atoms with Crippen molar-refractivity contribution in [3.05, 3.63) is 0 Å². The first-order chi connectivity index (χ1) is 8.53. The van der Waals surface area contributed by atoms with Crippen molar-refractivity contribution in [3.63, 3.8) is 0 Å². The van der Waals surface area contributed by atoms with Crippen molar-refractivity contribution in [3.8, 4) is 0 Å². The third-order valence-corrected chi connectivity index (χ3v) is 3.80. The maximum Gasteiger partial charge on any atom is 0.0624 e. The number of methoxy groups -OCH3 is 2. The van der Waals surface area contributed by atoms with Crippen molar-refractivity contribution in [2.45, 2.75) is 25.9 Å². The Balaban J connectivity index is 2.59. The van der Waals surface area contributed by atoms with Gasteiger partial charge in [0.1, 0.15) is 0 Å². The smallest absolute Gasteiger partial charge is 0.0624 e. The van der Waals surface area contributed by atoms with Crippen LogP contribution in [0.25, 0.3) is 0 Å². The summed E-state index contributed by atoms with van der Waals surface area (Å²) in [4.78, 5) is 2.38. The van der Waals surface area contributed by atoms with Crippen LogP contribution in [0.4, 0.5) is 0 Å². The first-order valence-corrected chi connectivity index (χ1v) is 6.58. The normalized spacial score (nSPS) is 30.0. The van der Waals surface area contributed by atoms with Gasteiger partial charge in [-0.3, -0.25) is 4.90 Å². The summed E-state index contributed by atoms with van der Waals surface area (Å²) in [7, 11) is 3.46. The van der Waals surface area contributed by atoms with E-state index in [-0.39, 0.29) is 11.5 Å². The van der Waals surface area contributed by atoms with E-state index >= 15 is 0 Å². The standard InChI is InChI=1S/C13H28N2O3/c1-11(7-17-4)15(5-6-16-3)9-13(2)10-18-8-12(13)14/h11-12H,5-10,14H2,1-4H3. The van der Waals surface area contributed by atoms with Gasteiger partial charge in [0, 0.05) is 44.8 Å². The Labute approximate surface area is 111 Å². The van der Waals surface area contributed by atoms with Crippen LogP contribution in [0.5, 0.6) is 0 Å². The van der Waals surface area contributed by atoms with Gasteiger partial charge in [0.2, 0.25) is 0 Å². The summed E-state index contributed by atoms with van der Waals surface area (Å²) in [6.45, 7) is 9.01. The van der Waals surface area contributed by atoms with E-state index in [1.54, 1.807) is 14.2 Å². The summed E-state index contributed by atoms with van der Waals surface area (Å²) in [6, 6.07) is 0.465. The van der Waals surface area contributed by atoms with Gasteiger partial charge < -0.3 is 19.9 Å². The minimum atomic E-state index is 0.0236. The SMILES string of the molecule is COCCN(CC1(C)COCC1N)C(C)COC. The molecule has 3 unspecified atom stereocenters. The Bertz CT molecular complexity index is 240. The van der Waals surface area contributed by atoms with Crippen LogP contribution in [0.2, 0.25) is 0 Å². The first-order valence-electron chi connectivity index (χ1n) is 6.58. The largest absolute Gasteiger partial charge is 0.383 e. The van der Waals surface area contributed by atoms with Gasteiger partial charge in [-0.25, -0.2) is 0 Å². The number of nitrogens with two attached hydrogens (primary N) is 1. The van der Waals surface area contributed by atoms with Crippen LogP contribution in [0, 0.1) is 5.41 Å². The van der Waals surface area contributed by atoms with Crippen molar-refractivity contribution in [2.75, 3.05) is 53.7 Å². The fourth-order valence-electron chi connectivity index (χ4n) is 2.36. The highest BCUT2D eigenvalue weighted by molar-refractivity contribution is 4.93. The highest BCUT2D eigenvalue weighted by Gasteiger charge is 2.39. The van der Waals surface area contributed by atoms with Crippen molar-refractivity contribution in [1.29, 1.82) is 0 Å². The molecule has 2 N–H and O–H groups in total. The molecule has 1 fully saturated rings. The maximum absolute atomic E-state index is 6.15. The second-order valence-corrected chi connectivity index (χ2v) is 5.54. The molecule has 5 heteroatoms. The lowest BCUT2D eigenvalue weighted by Crippen LogP contribution is -2.50. The van der Waals surface area contributed by atoms with Crippen LogP contribution in [0.3, 0.4) is 0 Å². The molecule has 18 heavy (non-hydrogen) atoms. The minimum Gasteiger partial charge on any atom is -0.383 e. The van der Waals surface area contributed by atoms with Gasteiger partial charge in [-0.05, 0) is 6.92 Å². The third kappa shape index (κ3) is 4.17. The fourth-order valence-corrected chi connectivity index (χ4v) is 2.36.